The lowest BCUT2D eigenvalue weighted by Gasteiger charge is -2.18. The van der Waals surface area contributed by atoms with E-state index >= 15 is 0 Å². The topological polar surface area (TPSA) is 12.4 Å². The largest absolute Gasteiger partial charge is 0.269 e. The van der Waals surface area contributed by atoms with Gasteiger partial charge >= 0.3 is 0 Å². The Morgan fingerprint density at radius 2 is 2.07 bits per heavy atom. The number of benzene rings is 1. The summed E-state index contributed by atoms with van der Waals surface area (Å²) in [5.41, 5.74) is 1.39. The van der Waals surface area contributed by atoms with Crippen LogP contribution in [0.1, 0.15) is 12.0 Å². The highest BCUT2D eigenvalue weighted by molar-refractivity contribution is 5.67. The van der Waals surface area contributed by atoms with Gasteiger partial charge in [-0.1, -0.05) is 43.3 Å². The highest BCUT2D eigenvalue weighted by Gasteiger charge is 2.17. The third kappa shape index (κ3) is 2.56. The molecule has 0 bridgehead atoms. The monoisotopic (exact) mass is 198 g/mol. The number of rotatable bonds is 4. The van der Waals surface area contributed by atoms with Gasteiger partial charge in [-0.25, -0.2) is 0 Å². The molecule has 15 heavy (non-hydrogen) atoms. The molecule has 0 aromatic heterocycles. The molecule has 1 aromatic rings. The fourth-order valence-electron chi connectivity index (χ4n) is 1.97. The van der Waals surface area contributed by atoms with Crippen LogP contribution in [0.2, 0.25) is 0 Å². The molecule has 2 unspecified atom stereocenters. The summed E-state index contributed by atoms with van der Waals surface area (Å²) in [6, 6.07) is 10.6. The van der Waals surface area contributed by atoms with Crippen LogP contribution in [-0.4, -0.2) is 6.21 Å². The van der Waals surface area contributed by atoms with E-state index in [9.17, 15) is 0 Å². The maximum absolute atomic E-state index is 4.14. The Labute approximate surface area is 91.6 Å². The molecule has 1 aliphatic heterocycles. The van der Waals surface area contributed by atoms with Crippen molar-refractivity contribution in [3.63, 3.8) is 0 Å². The second-order valence-electron chi connectivity index (χ2n) is 3.96. The second kappa shape index (κ2) is 4.92. The lowest BCUT2D eigenvalue weighted by atomic mass is 9.86. The summed E-state index contributed by atoms with van der Waals surface area (Å²) in [5, 5.41) is 0. The van der Waals surface area contributed by atoms with E-state index in [2.05, 4.69) is 48.3 Å². The molecule has 1 radical (unpaired) electrons. The minimum Gasteiger partial charge on any atom is -0.269 e. The molecule has 1 nitrogen and oxygen atoms in total. The third-order valence-corrected chi connectivity index (χ3v) is 2.91. The van der Waals surface area contributed by atoms with Crippen molar-refractivity contribution in [3.05, 3.63) is 55.1 Å². The van der Waals surface area contributed by atoms with Crippen LogP contribution in [0.3, 0.4) is 0 Å². The van der Waals surface area contributed by atoms with Gasteiger partial charge < -0.3 is 0 Å². The first-order valence-corrected chi connectivity index (χ1v) is 5.43. The summed E-state index contributed by atoms with van der Waals surface area (Å²) < 4.78 is 0. The van der Waals surface area contributed by atoms with E-state index in [1.807, 2.05) is 12.4 Å². The van der Waals surface area contributed by atoms with Crippen LogP contribution in [0.5, 0.6) is 0 Å². The zero-order valence-corrected chi connectivity index (χ0v) is 8.84. The summed E-state index contributed by atoms with van der Waals surface area (Å²) in [6.45, 7) is 4.03. The molecule has 1 heterocycles. The molecule has 0 N–H and O–H groups in total. The van der Waals surface area contributed by atoms with Gasteiger partial charge in [-0.05, 0) is 24.3 Å². The van der Waals surface area contributed by atoms with Crippen molar-refractivity contribution in [1.82, 2.24) is 0 Å². The molecule has 0 spiro atoms. The normalized spacial score (nSPS) is 20.7. The minimum atomic E-state index is 0.475. The average molecular weight is 198 g/mol. The zero-order valence-electron chi connectivity index (χ0n) is 8.84. The van der Waals surface area contributed by atoms with Crippen LogP contribution in [0.25, 0.3) is 0 Å². The van der Waals surface area contributed by atoms with Crippen LogP contribution in [0, 0.1) is 18.8 Å². The van der Waals surface area contributed by atoms with Crippen molar-refractivity contribution >= 4 is 6.21 Å². The maximum atomic E-state index is 4.14. The number of aliphatic imine (C=N–C) groups is 1. The van der Waals surface area contributed by atoms with Gasteiger partial charge in [-0.15, -0.1) is 0 Å². The van der Waals surface area contributed by atoms with Crippen LogP contribution in [0.15, 0.2) is 47.6 Å². The third-order valence-electron chi connectivity index (χ3n) is 2.91. The van der Waals surface area contributed by atoms with Crippen LogP contribution in [-0.2, 0) is 6.42 Å². The van der Waals surface area contributed by atoms with Crippen molar-refractivity contribution in [2.24, 2.45) is 16.8 Å². The number of hydrogen-bond acceptors (Lipinski definition) is 1. The quantitative estimate of drug-likeness (QED) is 0.704. The molecule has 1 heteroatoms. The molecular weight excluding hydrogens is 182 g/mol. The summed E-state index contributed by atoms with van der Waals surface area (Å²) in [7, 11) is 0. The van der Waals surface area contributed by atoms with E-state index in [4.69, 9.17) is 0 Å². The summed E-state index contributed by atoms with van der Waals surface area (Å²) in [5.74, 6) is 1.05. The van der Waals surface area contributed by atoms with Gasteiger partial charge in [-0.2, -0.15) is 0 Å². The molecule has 1 aromatic carbocycles. The molecule has 0 fully saturated rings. The first-order valence-electron chi connectivity index (χ1n) is 5.43. The molecule has 77 valence electrons. The molecule has 1 aliphatic rings. The lowest BCUT2D eigenvalue weighted by Crippen LogP contribution is -2.14. The first-order chi connectivity index (χ1) is 7.40. The Hall–Kier alpha value is -1.37. The molecular formula is C14H16N. The van der Waals surface area contributed by atoms with E-state index in [-0.39, 0.29) is 0 Å². The van der Waals surface area contributed by atoms with Crippen LogP contribution < -0.4 is 0 Å². The van der Waals surface area contributed by atoms with Gasteiger partial charge in [0, 0.05) is 18.3 Å². The maximum Gasteiger partial charge on any atom is 0.0230 e. The van der Waals surface area contributed by atoms with Crippen molar-refractivity contribution in [1.29, 1.82) is 0 Å². The summed E-state index contributed by atoms with van der Waals surface area (Å²) >= 11 is 0. The van der Waals surface area contributed by atoms with Crippen molar-refractivity contribution in [2.45, 2.75) is 12.8 Å². The smallest absolute Gasteiger partial charge is 0.0230 e. The zero-order chi connectivity index (χ0) is 10.5. The average Bonchev–Trinajstić information content (AvgIpc) is 2.81. The molecule has 0 saturated carbocycles. The number of nitrogens with zero attached hydrogens (tertiary/aromatic N) is 1. The fourth-order valence-corrected chi connectivity index (χ4v) is 1.97. The molecule has 0 amide bonds. The SMILES string of the molecule is [CH2]CC(Cc1ccccc1)C1C=CN=C1. The van der Waals surface area contributed by atoms with E-state index < -0.39 is 0 Å². The second-order valence-corrected chi connectivity index (χ2v) is 3.96. The molecule has 0 aliphatic carbocycles. The summed E-state index contributed by atoms with van der Waals surface area (Å²) in [6.07, 6.45) is 8.12. The first kappa shape index (κ1) is 10.2. The van der Waals surface area contributed by atoms with Gasteiger partial charge in [0.2, 0.25) is 0 Å². The van der Waals surface area contributed by atoms with Gasteiger partial charge in [0.1, 0.15) is 0 Å². The molecule has 0 saturated heterocycles. The van der Waals surface area contributed by atoms with Crippen LogP contribution in [0.4, 0.5) is 0 Å². The molecule has 2 rings (SSSR count). The van der Waals surface area contributed by atoms with E-state index in [1.165, 1.54) is 5.56 Å². The van der Waals surface area contributed by atoms with E-state index in [1.54, 1.807) is 0 Å². The molecule has 2 atom stereocenters. The minimum absolute atomic E-state index is 0.475. The predicted octanol–water partition coefficient (Wildman–Crippen LogP) is 3.28. The number of allylic oxidation sites excluding steroid dienone is 1. The van der Waals surface area contributed by atoms with Crippen molar-refractivity contribution in [3.8, 4) is 0 Å². The van der Waals surface area contributed by atoms with Crippen molar-refractivity contribution < 1.29 is 0 Å². The predicted molar refractivity (Wildman–Crippen MR) is 64.7 cm³/mol. The van der Waals surface area contributed by atoms with Crippen LogP contribution >= 0.6 is 0 Å². The Bertz CT molecular complexity index is 339. The Morgan fingerprint density at radius 1 is 1.27 bits per heavy atom. The lowest BCUT2D eigenvalue weighted by molar-refractivity contribution is 0.483. The van der Waals surface area contributed by atoms with Crippen molar-refractivity contribution in [2.75, 3.05) is 0 Å². The number of hydrogen-bond donors (Lipinski definition) is 0. The fraction of sp³-hybridized carbons (Fsp3) is 0.286. The highest BCUT2D eigenvalue weighted by atomic mass is 14.7. The van der Waals surface area contributed by atoms with E-state index in [0.29, 0.717) is 11.8 Å². The Balaban J connectivity index is 2.02. The standard InChI is InChI=1S/C14H16N/c1-2-13(14-8-9-15-11-14)10-12-6-4-3-5-7-12/h3-9,11,13-14H,1-2,10H2. The van der Waals surface area contributed by atoms with E-state index in [0.717, 1.165) is 12.8 Å². The summed E-state index contributed by atoms with van der Waals surface area (Å²) in [4.78, 5) is 4.14. The van der Waals surface area contributed by atoms with Gasteiger partial charge in [0.25, 0.3) is 0 Å². The van der Waals surface area contributed by atoms with Gasteiger partial charge in [0.15, 0.2) is 0 Å². The van der Waals surface area contributed by atoms with Gasteiger partial charge in [-0.3, -0.25) is 4.99 Å². The Kier molecular flexibility index (Phi) is 3.33. The van der Waals surface area contributed by atoms with Gasteiger partial charge in [0.05, 0.1) is 0 Å². The highest BCUT2D eigenvalue weighted by Crippen LogP contribution is 2.23. The Morgan fingerprint density at radius 3 is 2.67 bits per heavy atom.